The van der Waals surface area contributed by atoms with Crippen molar-refractivity contribution in [2.24, 2.45) is 5.41 Å². The number of ether oxygens (including phenoxy) is 1. The van der Waals surface area contributed by atoms with E-state index in [4.69, 9.17) is 4.74 Å². The van der Waals surface area contributed by atoms with Crippen LogP contribution in [0.4, 0.5) is 5.69 Å². The Labute approximate surface area is 149 Å². The van der Waals surface area contributed by atoms with Crippen LogP contribution in [0.5, 0.6) is 11.5 Å². The molecule has 1 amide bonds. The number of rotatable bonds is 5. The Balaban J connectivity index is 1.74. The van der Waals surface area contributed by atoms with Crippen molar-refractivity contribution >= 4 is 11.6 Å². The third-order valence-electron chi connectivity index (χ3n) is 4.89. The van der Waals surface area contributed by atoms with Crippen molar-refractivity contribution in [2.75, 3.05) is 18.4 Å². The summed E-state index contributed by atoms with van der Waals surface area (Å²) in [6.07, 6.45) is 0.874. The van der Waals surface area contributed by atoms with Crippen molar-refractivity contribution in [1.82, 2.24) is 4.90 Å². The molecule has 25 heavy (non-hydrogen) atoms. The van der Waals surface area contributed by atoms with Gasteiger partial charge in [0.05, 0.1) is 11.1 Å². The van der Waals surface area contributed by atoms with Crippen LogP contribution in [0.2, 0.25) is 0 Å². The lowest BCUT2D eigenvalue weighted by Gasteiger charge is -2.26. The minimum Gasteiger partial charge on any atom is -0.455 e. The van der Waals surface area contributed by atoms with Gasteiger partial charge in [-0.1, -0.05) is 30.3 Å². The van der Waals surface area contributed by atoms with Gasteiger partial charge in [-0.25, -0.2) is 0 Å². The Morgan fingerprint density at radius 3 is 2.48 bits per heavy atom. The van der Waals surface area contributed by atoms with Gasteiger partial charge in [-0.3, -0.25) is 9.69 Å². The minimum atomic E-state index is -0.371. The summed E-state index contributed by atoms with van der Waals surface area (Å²) in [6, 6.07) is 17.6. The molecular formula is C21H26N2O2. The van der Waals surface area contributed by atoms with Crippen LogP contribution in [-0.4, -0.2) is 29.9 Å². The predicted molar refractivity (Wildman–Crippen MR) is 101 cm³/mol. The van der Waals surface area contributed by atoms with Gasteiger partial charge >= 0.3 is 0 Å². The summed E-state index contributed by atoms with van der Waals surface area (Å²) >= 11 is 0. The van der Waals surface area contributed by atoms with E-state index in [0.717, 1.165) is 25.3 Å². The Bertz CT molecular complexity index is 730. The molecule has 0 radical (unpaired) electrons. The SMILES string of the molecule is CC(C)N1CCC(C)(C(=O)Nc2ccccc2Oc2ccccc2)C1. The first-order valence-electron chi connectivity index (χ1n) is 8.85. The number of amides is 1. The average Bonchev–Trinajstić information content (AvgIpc) is 3.02. The molecule has 1 heterocycles. The van der Waals surface area contributed by atoms with E-state index in [2.05, 4.69) is 24.1 Å². The highest BCUT2D eigenvalue weighted by Crippen LogP contribution is 2.35. The Morgan fingerprint density at radius 2 is 1.80 bits per heavy atom. The maximum Gasteiger partial charge on any atom is 0.231 e. The number of nitrogens with one attached hydrogen (secondary N) is 1. The summed E-state index contributed by atoms with van der Waals surface area (Å²) in [5, 5.41) is 3.08. The minimum absolute atomic E-state index is 0.0553. The van der Waals surface area contributed by atoms with E-state index in [1.807, 2.05) is 61.5 Å². The Hall–Kier alpha value is -2.33. The summed E-state index contributed by atoms with van der Waals surface area (Å²) in [5.74, 6) is 1.46. The van der Waals surface area contributed by atoms with E-state index in [1.165, 1.54) is 0 Å². The number of carbonyl (C=O) groups is 1. The predicted octanol–water partition coefficient (Wildman–Crippen LogP) is 4.54. The van der Waals surface area contributed by atoms with Crippen LogP contribution in [0.15, 0.2) is 54.6 Å². The van der Waals surface area contributed by atoms with Crippen LogP contribution in [0.25, 0.3) is 0 Å². The molecule has 1 saturated heterocycles. The number of hydrogen-bond donors (Lipinski definition) is 1. The molecule has 1 atom stereocenters. The highest BCUT2D eigenvalue weighted by atomic mass is 16.5. The molecular weight excluding hydrogens is 312 g/mol. The fourth-order valence-corrected chi connectivity index (χ4v) is 3.17. The summed E-state index contributed by atoms with van der Waals surface area (Å²) in [4.78, 5) is 15.3. The van der Waals surface area contributed by atoms with Crippen LogP contribution in [0.1, 0.15) is 27.2 Å². The third kappa shape index (κ3) is 4.02. The molecule has 1 aliphatic rings. The van der Waals surface area contributed by atoms with E-state index in [9.17, 15) is 4.79 Å². The maximum absolute atomic E-state index is 12.9. The second-order valence-corrected chi connectivity index (χ2v) is 7.24. The van der Waals surface area contributed by atoms with E-state index in [0.29, 0.717) is 17.5 Å². The summed E-state index contributed by atoms with van der Waals surface area (Å²) in [6.45, 7) is 8.15. The number of anilines is 1. The molecule has 4 nitrogen and oxygen atoms in total. The molecule has 132 valence electrons. The van der Waals surface area contributed by atoms with Crippen LogP contribution in [0.3, 0.4) is 0 Å². The van der Waals surface area contributed by atoms with Crippen molar-refractivity contribution in [3.05, 3.63) is 54.6 Å². The second kappa shape index (κ2) is 7.28. The standard InChI is InChI=1S/C21H26N2O2/c1-16(2)23-14-13-21(3,15-23)20(24)22-18-11-7-8-12-19(18)25-17-9-5-4-6-10-17/h4-12,16H,13-15H2,1-3H3,(H,22,24). The van der Waals surface area contributed by atoms with Gasteiger partial charge in [0.15, 0.2) is 5.75 Å². The molecule has 0 bridgehead atoms. The van der Waals surface area contributed by atoms with Crippen LogP contribution in [0, 0.1) is 5.41 Å². The molecule has 1 N–H and O–H groups in total. The zero-order valence-corrected chi connectivity index (χ0v) is 15.2. The number of likely N-dealkylation sites (tertiary alicyclic amines) is 1. The highest BCUT2D eigenvalue weighted by Gasteiger charge is 2.41. The van der Waals surface area contributed by atoms with E-state index in [-0.39, 0.29) is 11.3 Å². The van der Waals surface area contributed by atoms with Crippen LogP contribution in [-0.2, 0) is 4.79 Å². The summed E-state index contributed by atoms with van der Waals surface area (Å²) in [5.41, 5.74) is 0.338. The molecule has 1 fully saturated rings. The van der Waals surface area contributed by atoms with E-state index in [1.54, 1.807) is 0 Å². The first-order chi connectivity index (χ1) is 12.0. The van der Waals surface area contributed by atoms with Gasteiger partial charge in [-0.05, 0) is 58.0 Å². The molecule has 0 aliphatic carbocycles. The zero-order valence-electron chi connectivity index (χ0n) is 15.2. The molecule has 0 spiro atoms. The van der Waals surface area contributed by atoms with Gasteiger partial charge < -0.3 is 10.1 Å². The first-order valence-corrected chi connectivity index (χ1v) is 8.85. The van der Waals surface area contributed by atoms with Crippen molar-refractivity contribution < 1.29 is 9.53 Å². The van der Waals surface area contributed by atoms with E-state index >= 15 is 0 Å². The number of hydrogen-bond acceptors (Lipinski definition) is 3. The smallest absolute Gasteiger partial charge is 0.231 e. The van der Waals surface area contributed by atoms with Crippen LogP contribution >= 0.6 is 0 Å². The number of benzene rings is 2. The van der Waals surface area contributed by atoms with Crippen molar-refractivity contribution in [2.45, 2.75) is 33.2 Å². The van der Waals surface area contributed by atoms with Gasteiger partial charge in [0.1, 0.15) is 5.75 Å². The molecule has 1 aliphatic heterocycles. The van der Waals surface area contributed by atoms with Crippen molar-refractivity contribution in [3.8, 4) is 11.5 Å². The molecule has 4 heteroatoms. The lowest BCUT2D eigenvalue weighted by Crippen LogP contribution is -2.38. The molecule has 0 aromatic heterocycles. The molecule has 2 aromatic carbocycles. The second-order valence-electron chi connectivity index (χ2n) is 7.24. The largest absolute Gasteiger partial charge is 0.455 e. The number of carbonyl (C=O) groups excluding carboxylic acids is 1. The average molecular weight is 338 g/mol. The zero-order chi connectivity index (χ0) is 17.9. The molecule has 1 unspecified atom stereocenters. The third-order valence-corrected chi connectivity index (χ3v) is 4.89. The molecule has 3 rings (SSSR count). The normalized spacial score (nSPS) is 20.6. The van der Waals surface area contributed by atoms with Gasteiger partial charge in [0.25, 0.3) is 0 Å². The molecule has 2 aromatic rings. The molecule has 0 saturated carbocycles. The van der Waals surface area contributed by atoms with Gasteiger partial charge in [-0.2, -0.15) is 0 Å². The van der Waals surface area contributed by atoms with E-state index < -0.39 is 0 Å². The van der Waals surface area contributed by atoms with Crippen molar-refractivity contribution in [3.63, 3.8) is 0 Å². The summed E-state index contributed by atoms with van der Waals surface area (Å²) in [7, 11) is 0. The Kier molecular flexibility index (Phi) is 5.09. The highest BCUT2D eigenvalue weighted by molar-refractivity contribution is 5.96. The van der Waals surface area contributed by atoms with Gasteiger partial charge in [0, 0.05) is 12.6 Å². The van der Waals surface area contributed by atoms with Gasteiger partial charge in [0.2, 0.25) is 5.91 Å². The lowest BCUT2D eigenvalue weighted by atomic mass is 9.88. The maximum atomic E-state index is 12.9. The van der Waals surface area contributed by atoms with Crippen molar-refractivity contribution in [1.29, 1.82) is 0 Å². The number of nitrogens with zero attached hydrogens (tertiary/aromatic N) is 1. The van der Waals surface area contributed by atoms with Crippen LogP contribution < -0.4 is 10.1 Å². The Morgan fingerprint density at radius 1 is 1.12 bits per heavy atom. The first kappa shape index (κ1) is 17.5. The lowest BCUT2D eigenvalue weighted by molar-refractivity contribution is -0.124. The number of para-hydroxylation sites is 3. The summed E-state index contributed by atoms with van der Waals surface area (Å²) < 4.78 is 5.94. The quantitative estimate of drug-likeness (QED) is 0.870. The fourth-order valence-electron chi connectivity index (χ4n) is 3.17. The monoisotopic (exact) mass is 338 g/mol. The topological polar surface area (TPSA) is 41.6 Å². The van der Waals surface area contributed by atoms with Gasteiger partial charge in [-0.15, -0.1) is 0 Å². The fraction of sp³-hybridized carbons (Fsp3) is 0.381.